The van der Waals surface area contributed by atoms with E-state index in [9.17, 15) is 0 Å². The summed E-state index contributed by atoms with van der Waals surface area (Å²) in [5, 5.41) is 6.82. The van der Waals surface area contributed by atoms with Gasteiger partial charge in [-0.15, -0.1) is 0 Å². The number of nitrogens with one attached hydrogen (secondary N) is 2. The fourth-order valence-corrected chi connectivity index (χ4v) is 2.94. The maximum Gasteiger partial charge on any atom is 0.191 e. The fourth-order valence-electron chi connectivity index (χ4n) is 2.94. The predicted octanol–water partition coefficient (Wildman–Crippen LogP) is 2.88. The molecule has 26 heavy (non-hydrogen) atoms. The Hall–Kier alpha value is -3.08. The van der Waals surface area contributed by atoms with Gasteiger partial charge >= 0.3 is 0 Å². The van der Waals surface area contributed by atoms with Crippen LogP contribution in [-0.4, -0.2) is 35.6 Å². The highest BCUT2D eigenvalue weighted by Crippen LogP contribution is 2.23. The Morgan fingerprint density at radius 2 is 1.65 bits per heavy atom. The summed E-state index contributed by atoms with van der Waals surface area (Å²) in [5.74, 6) is 1.08. The van der Waals surface area contributed by atoms with Gasteiger partial charge in [0.25, 0.3) is 0 Å². The van der Waals surface area contributed by atoms with Crippen LogP contribution in [0.25, 0.3) is 0 Å². The highest BCUT2D eigenvalue weighted by Gasteiger charge is 2.14. The van der Waals surface area contributed by atoms with Crippen LogP contribution >= 0.6 is 0 Å². The third kappa shape index (κ3) is 4.96. The Balaban J connectivity index is 1.61. The second-order valence-corrected chi connectivity index (χ2v) is 6.05. The van der Waals surface area contributed by atoms with Gasteiger partial charge < -0.3 is 15.2 Å². The molecule has 0 bridgehead atoms. The molecule has 0 aliphatic carbocycles. The summed E-state index contributed by atoms with van der Waals surface area (Å²) in [6.07, 6.45) is 5.56. The van der Waals surface area contributed by atoms with Crippen molar-refractivity contribution in [2.45, 2.75) is 12.5 Å². The number of rotatable bonds is 7. The molecule has 0 aliphatic heterocycles. The molecule has 0 fully saturated rings. The SMILES string of the molecule is CN=C(NCCn1ccnc1)NCC(c1ccccc1)c1ccccc1. The molecule has 0 saturated carbocycles. The van der Waals surface area contributed by atoms with Crippen molar-refractivity contribution >= 4 is 5.96 Å². The number of aromatic nitrogens is 2. The maximum atomic E-state index is 4.34. The third-order valence-corrected chi connectivity index (χ3v) is 4.32. The van der Waals surface area contributed by atoms with E-state index in [4.69, 9.17) is 0 Å². The summed E-state index contributed by atoms with van der Waals surface area (Å²) < 4.78 is 2.04. The van der Waals surface area contributed by atoms with Crippen LogP contribution in [0.15, 0.2) is 84.4 Å². The molecule has 2 aromatic carbocycles. The highest BCUT2D eigenvalue weighted by molar-refractivity contribution is 5.79. The first-order valence-corrected chi connectivity index (χ1v) is 8.87. The number of guanidine groups is 1. The summed E-state index contributed by atoms with van der Waals surface area (Å²) in [7, 11) is 1.80. The average Bonchev–Trinajstić information content (AvgIpc) is 3.22. The van der Waals surface area contributed by atoms with Crippen molar-refractivity contribution in [1.29, 1.82) is 0 Å². The van der Waals surface area contributed by atoms with Crippen LogP contribution in [0.2, 0.25) is 0 Å². The number of hydrogen-bond acceptors (Lipinski definition) is 2. The Morgan fingerprint density at radius 1 is 1.00 bits per heavy atom. The largest absolute Gasteiger partial charge is 0.355 e. The Morgan fingerprint density at radius 3 is 2.19 bits per heavy atom. The van der Waals surface area contributed by atoms with Gasteiger partial charge in [-0.1, -0.05) is 60.7 Å². The van der Waals surface area contributed by atoms with Crippen molar-refractivity contribution in [3.8, 4) is 0 Å². The molecule has 1 aromatic heterocycles. The molecule has 5 nitrogen and oxygen atoms in total. The Bertz CT molecular complexity index is 742. The number of benzene rings is 2. The molecule has 0 spiro atoms. The maximum absolute atomic E-state index is 4.34. The summed E-state index contributed by atoms with van der Waals surface area (Å²) in [5.41, 5.74) is 2.58. The summed E-state index contributed by atoms with van der Waals surface area (Å²) in [6.45, 7) is 2.41. The van der Waals surface area contributed by atoms with Crippen molar-refractivity contribution in [2.75, 3.05) is 20.1 Å². The molecule has 3 aromatic rings. The molecule has 0 unspecified atom stereocenters. The van der Waals surface area contributed by atoms with E-state index in [0.29, 0.717) is 0 Å². The first kappa shape index (κ1) is 17.7. The second kappa shape index (κ2) is 9.42. The first-order chi connectivity index (χ1) is 12.9. The van der Waals surface area contributed by atoms with E-state index in [1.165, 1.54) is 11.1 Å². The van der Waals surface area contributed by atoms with Crippen LogP contribution in [-0.2, 0) is 6.54 Å². The Kier molecular flexibility index (Phi) is 6.42. The summed E-state index contributed by atoms with van der Waals surface area (Å²) in [4.78, 5) is 8.39. The molecular weight excluding hydrogens is 322 g/mol. The van der Waals surface area contributed by atoms with Crippen molar-refractivity contribution in [2.24, 2.45) is 4.99 Å². The molecule has 0 atom stereocenters. The van der Waals surface area contributed by atoms with Gasteiger partial charge in [-0.2, -0.15) is 0 Å². The summed E-state index contributed by atoms with van der Waals surface area (Å²) >= 11 is 0. The molecule has 0 amide bonds. The Labute approximate surface area is 154 Å². The van der Waals surface area contributed by atoms with Crippen LogP contribution in [0.3, 0.4) is 0 Å². The van der Waals surface area contributed by atoms with Crippen LogP contribution < -0.4 is 10.6 Å². The van der Waals surface area contributed by atoms with Gasteiger partial charge in [-0.25, -0.2) is 4.98 Å². The van der Waals surface area contributed by atoms with Gasteiger partial charge in [0.1, 0.15) is 0 Å². The van der Waals surface area contributed by atoms with Gasteiger partial charge in [0.15, 0.2) is 5.96 Å². The van der Waals surface area contributed by atoms with Crippen LogP contribution in [0.5, 0.6) is 0 Å². The second-order valence-electron chi connectivity index (χ2n) is 6.05. The minimum Gasteiger partial charge on any atom is -0.355 e. The highest BCUT2D eigenvalue weighted by atomic mass is 15.2. The van der Waals surface area contributed by atoms with Crippen molar-refractivity contribution in [3.05, 3.63) is 90.5 Å². The molecule has 0 saturated heterocycles. The quantitative estimate of drug-likeness (QED) is 0.510. The van der Waals surface area contributed by atoms with Crippen LogP contribution in [0.4, 0.5) is 0 Å². The number of hydrogen-bond donors (Lipinski definition) is 2. The zero-order valence-corrected chi connectivity index (χ0v) is 15.0. The molecule has 0 radical (unpaired) electrons. The standard InChI is InChI=1S/C21H25N5/c1-22-21(24-13-15-26-14-12-23-17-26)25-16-20(18-8-4-2-5-9-18)19-10-6-3-7-11-19/h2-12,14,17,20H,13,15-16H2,1H3,(H2,22,24,25). The van der Waals surface area contributed by atoms with Crippen LogP contribution in [0, 0.1) is 0 Å². The molecule has 2 N–H and O–H groups in total. The van der Waals surface area contributed by atoms with Gasteiger partial charge in [0.2, 0.25) is 0 Å². The van der Waals surface area contributed by atoms with E-state index in [0.717, 1.165) is 25.6 Å². The van der Waals surface area contributed by atoms with Gasteiger partial charge in [0, 0.05) is 45.0 Å². The molecule has 3 rings (SSSR count). The summed E-state index contributed by atoms with van der Waals surface area (Å²) in [6, 6.07) is 21.2. The first-order valence-electron chi connectivity index (χ1n) is 8.87. The number of aliphatic imine (C=N–C) groups is 1. The lowest BCUT2D eigenvalue weighted by Crippen LogP contribution is -2.40. The third-order valence-electron chi connectivity index (χ3n) is 4.32. The normalized spacial score (nSPS) is 11.5. The van der Waals surface area contributed by atoms with Crippen LogP contribution in [0.1, 0.15) is 17.0 Å². The van der Waals surface area contributed by atoms with E-state index in [1.807, 2.05) is 17.1 Å². The van der Waals surface area contributed by atoms with Gasteiger partial charge in [-0.05, 0) is 11.1 Å². The molecule has 134 valence electrons. The fraction of sp³-hybridized carbons (Fsp3) is 0.238. The molecule has 5 heteroatoms. The predicted molar refractivity (Wildman–Crippen MR) is 106 cm³/mol. The van der Waals surface area contributed by atoms with Gasteiger partial charge in [-0.3, -0.25) is 4.99 Å². The lowest BCUT2D eigenvalue weighted by Gasteiger charge is -2.20. The number of nitrogens with zero attached hydrogens (tertiary/aromatic N) is 3. The van der Waals surface area contributed by atoms with E-state index in [-0.39, 0.29) is 5.92 Å². The van der Waals surface area contributed by atoms with E-state index < -0.39 is 0 Å². The number of imidazole rings is 1. The minimum absolute atomic E-state index is 0.268. The van der Waals surface area contributed by atoms with E-state index >= 15 is 0 Å². The molecule has 0 aliphatic rings. The zero-order chi connectivity index (χ0) is 18.0. The lowest BCUT2D eigenvalue weighted by atomic mass is 9.91. The smallest absolute Gasteiger partial charge is 0.191 e. The average molecular weight is 347 g/mol. The van der Waals surface area contributed by atoms with Crippen molar-refractivity contribution < 1.29 is 0 Å². The topological polar surface area (TPSA) is 54.2 Å². The monoisotopic (exact) mass is 347 g/mol. The lowest BCUT2D eigenvalue weighted by molar-refractivity contribution is 0.655. The molecular formula is C21H25N5. The van der Waals surface area contributed by atoms with Gasteiger partial charge in [0.05, 0.1) is 6.33 Å². The van der Waals surface area contributed by atoms with Crippen molar-refractivity contribution in [1.82, 2.24) is 20.2 Å². The zero-order valence-electron chi connectivity index (χ0n) is 15.0. The van der Waals surface area contributed by atoms with E-state index in [1.54, 1.807) is 13.2 Å². The minimum atomic E-state index is 0.268. The van der Waals surface area contributed by atoms with E-state index in [2.05, 4.69) is 81.3 Å². The molecule has 1 heterocycles. The van der Waals surface area contributed by atoms with Crippen molar-refractivity contribution in [3.63, 3.8) is 0 Å².